The quantitative estimate of drug-likeness (QED) is 0.679. The lowest BCUT2D eigenvalue weighted by atomic mass is 10.2. The second-order valence-electron chi connectivity index (χ2n) is 6.04. The number of aryl methyl sites for hydroxylation is 2. The van der Waals surface area contributed by atoms with Gasteiger partial charge in [-0.25, -0.2) is 9.67 Å². The van der Waals surface area contributed by atoms with Crippen LogP contribution in [0.5, 0.6) is 0 Å². The Bertz CT molecular complexity index is 957. The van der Waals surface area contributed by atoms with Gasteiger partial charge < -0.3 is 9.72 Å². The topological polar surface area (TPSA) is 98.6 Å². The summed E-state index contributed by atoms with van der Waals surface area (Å²) < 4.78 is 7.40. The van der Waals surface area contributed by atoms with Crippen LogP contribution in [0.4, 0.5) is 0 Å². The molecule has 1 aliphatic heterocycles. The van der Waals surface area contributed by atoms with E-state index in [4.69, 9.17) is 4.74 Å². The van der Waals surface area contributed by atoms with E-state index in [1.54, 1.807) is 16.0 Å². The summed E-state index contributed by atoms with van der Waals surface area (Å²) in [5.74, 6) is 1.14. The van der Waals surface area contributed by atoms with E-state index < -0.39 is 0 Å². The Hall–Kier alpha value is -1.78. The zero-order valence-electron chi connectivity index (χ0n) is 14.0. The second-order valence-corrected chi connectivity index (χ2v) is 8.19. The van der Waals surface area contributed by atoms with Gasteiger partial charge in [-0.05, 0) is 42.7 Å². The first-order chi connectivity index (χ1) is 12.1. The van der Waals surface area contributed by atoms with E-state index in [1.165, 1.54) is 11.8 Å². The van der Waals surface area contributed by atoms with Crippen molar-refractivity contribution in [3.05, 3.63) is 26.6 Å². The largest absolute Gasteiger partial charge is 0.376 e. The predicted molar refractivity (Wildman–Crippen MR) is 96.1 cm³/mol. The van der Waals surface area contributed by atoms with E-state index in [0.717, 1.165) is 34.7 Å². The number of thioether (sulfide) groups is 1. The number of fused-ring (bicyclic) bond motifs is 1. The molecule has 3 aromatic heterocycles. The minimum Gasteiger partial charge on any atom is -0.376 e. The first-order valence-electron chi connectivity index (χ1n) is 8.11. The Morgan fingerprint density at radius 2 is 2.32 bits per heavy atom. The second kappa shape index (κ2) is 6.85. The number of nitrogens with zero attached hydrogens (tertiary/aromatic N) is 5. The number of hydrogen-bond acceptors (Lipinski definition) is 8. The lowest BCUT2D eigenvalue weighted by molar-refractivity contribution is 0.0912. The maximum absolute atomic E-state index is 12.3. The molecule has 0 radical (unpaired) electrons. The molecule has 25 heavy (non-hydrogen) atoms. The van der Waals surface area contributed by atoms with Crippen molar-refractivity contribution in [1.82, 2.24) is 30.2 Å². The van der Waals surface area contributed by atoms with Gasteiger partial charge in [-0.1, -0.05) is 11.8 Å². The van der Waals surface area contributed by atoms with Gasteiger partial charge in [0.15, 0.2) is 0 Å². The van der Waals surface area contributed by atoms with Crippen molar-refractivity contribution in [3.63, 3.8) is 0 Å². The number of hydrogen-bond donors (Lipinski definition) is 1. The van der Waals surface area contributed by atoms with E-state index in [9.17, 15) is 4.79 Å². The summed E-state index contributed by atoms with van der Waals surface area (Å²) >= 11 is 3.01. The molecule has 3 aromatic rings. The van der Waals surface area contributed by atoms with Gasteiger partial charge in [0.25, 0.3) is 5.56 Å². The molecule has 0 aromatic carbocycles. The van der Waals surface area contributed by atoms with Crippen molar-refractivity contribution >= 4 is 33.3 Å². The fourth-order valence-corrected chi connectivity index (χ4v) is 4.70. The zero-order chi connectivity index (χ0) is 17.4. The molecule has 0 amide bonds. The summed E-state index contributed by atoms with van der Waals surface area (Å²) in [7, 11) is 0. The number of rotatable bonds is 5. The standard InChI is InChI=1S/C15H18N6O2S2/c1-8-9(2)25-14-12(8)13(22)16-11(17-14)7-24-15-18-19-20-21(15)6-10-4-3-5-23-10/h10H,3-7H2,1-2H3,(H,16,17,22). The van der Waals surface area contributed by atoms with Crippen molar-refractivity contribution in [1.29, 1.82) is 0 Å². The summed E-state index contributed by atoms with van der Waals surface area (Å²) in [5.41, 5.74) is 0.926. The van der Waals surface area contributed by atoms with Crippen LogP contribution in [0.25, 0.3) is 10.2 Å². The van der Waals surface area contributed by atoms with Crippen LogP contribution in [-0.2, 0) is 17.0 Å². The number of H-pyrrole nitrogens is 1. The minimum atomic E-state index is -0.0820. The minimum absolute atomic E-state index is 0.0820. The van der Waals surface area contributed by atoms with E-state index in [-0.39, 0.29) is 11.7 Å². The van der Waals surface area contributed by atoms with Crippen molar-refractivity contribution in [3.8, 4) is 0 Å². The summed E-state index contributed by atoms with van der Waals surface area (Å²) in [5, 5.41) is 13.3. The summed E-state index contributed by atoms with van der Waals surface area (Å²) in [6, 6.07) is 0. The molecule has 4 rings (SSSR count). The summed E-state index contributed by atoms with van der Waals surface area (Å²) in [4.78, 5) is 21.7. The van der Waals surface area contributed by atoms with Crippen LogP contribution < -0.4 is 5.56 Å². The lowest BCUT2D eigenvalue weighted by Crippen LogP contribution is -2.17. The number of aromatic amines is 1. The monoisotopic (exact) mass is 378 g/mol. The van der Waals surface area contributed by atoms with Gasteiger partial charge in [0.05, 0.1) is 23.8 Å². The van der Waals surface area contributed by atoms with Gasteiger partial charge in [-0.3, -0.25) is 4.79 Å². The lowest BCUT2D eigenvalue weighted by Gasteiger charge is -2.09. The van der Waals surface area contributed by atoms with Crippen molar-refractivity contribution < 1.29 is 4.74 Å². The number of aromatic nitrogens is 6. The Balaban J connectivity index is 1.51. The van der Waals surface area contributed by atoms with E-state index in [1.807, 2.05) is 13.8 Å². The van der Waals surface area contributed by atoms with Crippen LogP contribution in [0, 0.1) is 13.8 Å². The normalized spacial score (nSPS) is 17.6. The van der Waals surface area contributed by atoms with Gasteiger partial charge in [-0.2, -0.15) is 0 Å². The van der Waals surface area contributed by atoms with E-state index in [0.29, 0.717) is 28.7 Å². The third-order valence-corrected chi connectivity index (χ3v) is 6.40. The maximum Gasteiger partial charge on any atom is 0.259 e. The third-order valence-electron chi connectivity index (χ3n) is 4.33. The van der Waals surface area contributed by atoms with Crippen LogP contribution in [0.15, 0.2) is 9.95 Å². The Kier molecular flexibility index (Phi) is 4.57. The molecule has 1 unspecified atom stereocenters. The highest BCUT2D eigenvalue weighted by Gasteiger charge is 2.19. The summed E-state index contributed by atoms with van der Waals surface area (Å²) in [6.07, 6.45) is 2.29. The first-order valence-corrected chi connectivity index (χ1v) is 9.91. The summed E-state index contributed by atoms with van der Waals surface area (Å²) in [6.45, 7) is 5.43. The molecular formula is C15H18N6O2S2. The smallest absolute Gasteiger partial charge is 0.259 e. The van der Waals surface area contributed by atoms with Gasteiger partial charge in [0.1, 0.15) is 10.7 Å². The number of nitrogens with one attached hydrogen (secondary N) is 1. The fraction of sp³-hybridized carbons (Fsp3) is 0.533. The highest BCUT2D eigenvalue weighted by atomic mass is 32.2. The molecular weight excluding hydrogens is 360 g/mol. The highest BCUT2D eigenvalue weighted by molar-refractivity contribution is 7.98. The maximum atomic E-state index is 12.3. The third kappa shape index (κ3) is 3.33. The molecule has 132 valence electrons. The molecule has 1 aliphatic rings. The molecule has 0 spiro atoms. The van der Waals surface area contributed by atoms with E-state index >= 15 is 0 Å². The van der Waals surface area contributed by atoms with Gasteiger partial charge >= 0.3 is 0 Å². The highest BCUT2D eigenvalue weighted by Crippen LogP contribution is 2.27. The Morgan fingerprint density at radius 1 is 1.44 bits per heavy atom. The molecule has 0 bridgehead atoms. The van der Waals surface area contributed by atoms with Gasteiger partial charge in [0, 0.05) is 11.5 Å². The zero-order valence-corrected chi connectivity index (χ0v) is 15.6. The van der Waals surface area contributed by atoms with Crippen LogP contribution in [-0.4, -0.2) is 42.9 Å². The molecule has 4 heterocycles. The first kappa shape index (κ1) is 16.7. The molecule has 1 saturated heterocycles. The molecule has 1 N–H and O–H groups in total. The number of tetrazole rings is 1. The van der Waals surface area contributed by atoms with Crippen molar-refractivity contribution in [2.24, 2.45) is 0 Å². The van der Waals surface area contributed by atoms with Crippen LogP contribution in [0.1, 0.15) is 29.1 Å². The average Bonchev–Trinajstić information content (AvgIpc) is 3.29. The predicted octanol–water partition coefficient (Wildman–Crippen LogP) is 2.06. The Labute approximate surface area is 152 Å². The number of thiophene rings is 1. The molecule has 10 heteroatoms. The van der Waals surface area contributed by atoms with E-state index in [2.05, 4.69) is 25.5 Å². The average molecular weight is 378 g/mol. The molecule has 1 atom stereocenters. The van der Waals surface area contributed by atoms with Crippen LogP contribution in [0.2, 0.25) is 0 Å². The van der Waals surface area contributed by atoms with Gasteiger partial charge in [-0.15, -0.1) is 16.4 Å². The number of ether oxygens (including phenoxy) is 1. The van der Waals surface area contributed by atoms with Crippen molar-refractivity contribution in [2.45, 2.75) is 50.2 Å². The van der Waals surface area contributed by atoms with Crippen LogP contribution >= 0.6 is 23.1 Å². The van der Waals surface area contributed by atoms with Crippen LogP contribution in [0.3, 0.4) is 0 Å². The Morgan fingerprint density at radius 3 is 3.12 bits per heavy atom. The molecule has 1 fully saturated rings. The molecule has 0 aliphatic carbocycles. The SMILES string of the molecule is Cc1sc2nc(CSc3nnnn3CC3CCCO3)[nH]c(=O)c2c1C. The molecule has 8 nitrogen and oxygen atoms in total. The fourth-order valence-electron chi connectivity index (χ4n) is 2.90. The van der Waals surface area contributed by atoms with Gasteiger partial charge in [0.2, 0.25) is 5.16 Å². The molecule has 0 saturated carbocycles. The van der Waals surface area contributed by atoms with Crippen molar-refractivity contribution in [2.75, 3.05) is 6.61 Å².